The molecule has 4 nitrogen and oxygen atoms in total. The maximum absolute atomic E-state index is 12.2. The zero-order chi connectivity index (χ0) is 19.3. The van der Waals surface area contributed by atoms with Crippen LogP contribution in [0, 0.1) is 0 Å². The lowest BCUT2D eigenvalue weighted by Crippen LogP contribution is -2.08. The Balaban J connectivity index is 1.79. The van der Waals surface area contributed by atoms with Crippen molar-refractivity contribution in [1.29, 1.82) is 0 Å². The summed E-state index contributed by atoms with van der Waals surface area (Å²) in [5, 5.41) is 11.5. The van der Waals surface area contributed by atoms with Gasteiger partial charge in [0.2, 0.25) is 5.88 Å². The molecular formula is C24H18N2O2. The number of fused-ring (bicyclic) bond motifs is 1. The lowest BCUT2D eigenvalue weighted by molar-refractivity contribution is 0.452. The number of aromatic amines is 1. The number of benzene rings is 3. The normalized spacial score (nSPS) is 11.6. The van der Waals surface area contributed by atoms with E-state index < -0.39 is 0 Å². The number of aliphatic imine (C=N–C) groups is 1. The number of nitrogens with zero attached hydrogens (tertiary/aromatic N) is 1. The molecule has 0 amide bonds. The van der Waals surface area contributed by atoms with Crippen molar-refractivity contribution in [2.24, 2.45) is 4.99 Å². The number of rotatable bonds is 4. The second-order valence-electron chi connectivity index (χ2n) is 6.36. The maximum Gasteiger partial charge on any atom is 0.258 e. The molecule has 0 saturated heterocycles. The molecular weight excluding hydrogens is 348 g/mol. The molecule has 0 aliphatic rings. The molecule has 4 heteroatoms. The molecule has 3 aromatic carbocycles. The number of aromatic nitrogens is 1. The number of para-hydroxylation sites is 1. The Morgan fingerprint density at radius 1 is 0.786 bits per heavy atom. The Bertz CT molecular complexity index is 1220. The van der Waals surface area contributed by atoms with E-state index in [1.807, 2.05) is 84.9 Å². The summed E-state index contributed by atoms with van der Waals surface area (Å²) in [6.45, 7) is 0. The molecule has 0 aliphatic heterocycles. The fraction of sp³-hybridized carbons (Fsp3) is 0. The van der Waals surface area contributed by atoms with Crippen LogP contribution in [-0.2, 0) is 0 Å². The average molecular weight is 366 g/mol. The van der Waals surface area contributed by atoms with Crippen LogP contribution in [0.4, 0.5) is 5.69 Å². The van der Waals surface area contributed by atoms with Crippen LogP contribution in [0.1, 0.15) is 16.7 Å². The molecule has 0 radical (unpaired) electrons. The van der Waals surface area contributed by atoms with Gasteiger partial charge in [0.05, 0.1) is 11.3 Å². The topological polar surface area (TPSA) is 65.5 Å². The third-order valence-electron chi connectivity index (χ3n) is 4.43. The van der Waals surface area contributed by atoms with E-state index in [1.165, 1.54) is 0 Å². The van der Waals surface area contributed by atoms with E-state index in [-0.39, 0.29) is 11.4 Å². The van der Waals surface area contributed by atoms with Crippen LogP contribution in [-0.4, -0.2) is 16.3 Å². The van der Waals surface area contributed by atoms with Crippen LogP contribution < -0.4 is 5.56 Å². The van der Waals surface area contributed by atoms with Gasteiger partial charge in [-0.1, -0.05) is 66.7 Å². The van der Waals surface area contributed by atoms with E-state index in [9.17, 15) is 9.90 Å². The number of nitrogens with one attached hydrogen (secondary N) is 1. The van der Waals surface area contributed by atoms with E-state index in [1.54, 1.807) is 12.3 Å². The highest BCUT2D eigenvalue weighted by Gasteiger charge is 2.09. The molecule has 136 valence electrons. The van der Waals surface area contributed by atoms with Gasteiger partial charge in [0.1, 0.15) is 0 Å². The molecule has 1 aromatic heterocycles. The highest BCUT2D eigenvalue weighted by Crippen LogP contribution is 2.24. The summed E-state index contributed by atoms with van der Waals surface area (Å²) < 4.78 is 0. The van der Waals surface area contributed by atoms with Gasteiger partial charge in [-0.05, 0) is 35.4 Å². The Morgan fingerprint density at radius 3 is 2.21 bits per heavy atom. The molecule has 0 fully saturated rings. The minimum Gasteiger partial charge on any atom is -0.494 e. The molecule has 0 aliphatic carbocycles. The van der Waals surface area contributed by atoms with Crippen LogP contribution in [0.25, 0.3) is 22.9 Å². The van der Waals surface area contributed by atoms with E-state index >= 15 is 0 Å². The third-order valence-corrected chi connectivity index (χ3v) is 4.43. The fourth-order valence-corrected chi connectivity index (χ4v) is 3.00. The van der Waals surface area contributed by atoms with Gasteiger partial charge in [0, 0.05) is 17.0 Å². The van der Waals surface area contributed by atoms with E-state index in [4.69, 9.17) is 0 Å². The number of hydrogen-bond donors (Lipinski definition) is 2. The number of hydrogen-bond acceptors (Lipinski definition) is 3. The summed E-state index contributed by atoms with van der Waals surface area (Å²) in [5.41, 5.74) is 2.93. The van der Waals surface area contributed by atoms with Crippen molar-refractivity contribution >= 4 is 34.8 Å². The SMILES string of the molecule is O=c1[nH]c(O)c(C=Nc2ccccc2)c2cc(/C=C/c3ccccc3)ccc12. The summed E-state index contributed by atoms with van der Waals surface area (Å²) in [7, 11) is 0. The zero-order valence-corrected chi connectivity index (χ0v) is 15.0. The van der Waals surface area contributed by atoms with Gasteiger partial charge in [0.15, 0.2) is 0 Å². The first-order valence-electron chi connectivity index (χ1n) is 8.92. The van der Waals surface area contributed by atoms with E-state index in [0.29, 0.717) is 16.3 Å². The first-order valence-corrected chi connectivity index (χ1v) is 8.92. The summed E-state index contributed by atoms with van der Waals surface area (Å²) in [4.78, 5) is 19.1. The Morgan fingerprint density at radius 2 is 1.46 bits per heavy atom. The van der Waals surface area contributed by atoms with Crippen LogP contribution in [0.3, 0.4) is 0 Å². The van der Waals surface area contributed by atoms with Crippen molar-refractivity contribution in [2.45, 2.75) is 0 Å². The standard InChI is InChI=1S/C24H18N2O2/c27-23-20-14-13-18(12-11-17-7-3-1-4-8-17)15-21(20)22(24(28)26-23)16-25-19-9-5-2-6-10-19/h1-16H,(H2,26,27,28)/b12-11+,25-16?. The molecule has 28 heavy (non-hydrogen) atoms. The summed E-state index contributed by atoms with van der Waals surface area (Å²) >= 11 is 0. The summed E-state index contributed by atoms with van der Waals surface area (Å²) in [6, 6.07) is 24.9. The second-order valence-corrected chi connectivity index (χ2v) is 6.36. The molecule has 4 rings (SSSR count). The highest BCUT2D eigenvalue weighted by atomic mass is 16.3. The first-order chi connectivity index (χ1) is 13.7. The van der Waals surface area contributed by atoms with Gasteiger partial charge in [0.25, 0.3) is 5.56 Å². The predicted molar refractivity (Wildman–Crippen MR) is 115 cm³/mol. The molecule has 1 heterocycles. The lowest BCUT2D eigenvalue weighted by atomic mass is 10.0. The Labute approximate surface area is 162 Å². The highest BCUT2D eigenvalue weighted by molar-refractivity contribution is 6.02. The monoisotopic (exact) mass is 366 g/mol. The molecule has 0 saturated carbocycles. The first kappa shape index (κ1) is 17.5. The van der Waals surface area contributed by atoms with Gasteiger partial charge in [-0.2, -0.15) is 0 Å². The van der Waals surface area contributed by atoms with Crippen LogP contribution in [0.2, 0.25) is 0 Å². The van der Waals surface area contributed by atoms with Gasteiger partial charge in [-0.3, -0.25) is 14.8 Å². The Kier molecular flexibility index (Phi) is 4.85. The predicted octanol–water partition coefficient (Wildman–Crippen LogP) is 5.15. The van der Waals surface area contributed by atoms with Crippen LogP contribution in [0.5, 0.6) is 5.88 Å². The number of pyridine rings is 1. The van der Waals surface area contributed by atoms with Crippen LogP contribution >= 0.6 is 0 Å². The Hall–Kier alpha value is -3.92. The molecule has 0 atom stereocenters. The quantitative estimate of drug-likeness (QED) is 0.387. The maximum atomic E-state index is 12.2. The average Bonchev–Trinajstić information content (AvgIpc) is 2.73. The van der Waals surface area contributed by atoms with Gasteiger partial charge in [-0.25, -0.2) is 0 Å². The molecule has 2 N–H and O–H groups in total. The minimum absolute atomic E-state index is 0.193. The molecule has 0 spiro atoms. The summed E-state index contributed by atoms with van der Waals surface area (Å²) in [5.74, 6) is -0.193. The lowest BCUT2D eigenvalue weighted by Gasteiger charge is -2.06. The fourth-order valence-electron chi connectivity index (χ4n) is 3.00. The number of aromatic hydroxyl groups is 1. The van der Waals surface area contributed by atoms with Crippen molar-refractivity contribution in [2.75, 3.05) is 0 Å². The van der Waals surface area contributed by atoms with Crippen molar-refractivity contribution in [1.82, 2.24) is 4.98 Å². The third kappa shape index (κ3) is 3.76. The van der Waals surface area contributed by atoms with Gasteiger partial charge in [-0.15, -0.1) is 0 Å². The van der Waals surface area contributed by atoms with Crippen LogP contribution in [0.15, 0.2) is 88.6 Å². The van der Waals surface area contributed by atoms with Crippen molar-refractivity contribution in [3.8, 4) is 5.88 Å². The molecule has 0 unspecified atom stereocenters. The molecule has 0 bridgehead atoms. The molecule has 4 aromatic rings. The zero-order valence-electron chi connectivity index (χ0n) is 15.0. The van der Waals surface area contributed by atoms with Crippen molar-refractivity contribution in [3.05, 3.63) is 106 Å². The second kappa shape index (κ2) is 7.76. The van der Waals surface area contributed by atoms with Crippen molar-refractivity contribution in [3.63, 3.8) is 0 Å². The van der Waals surface area contributed by atoms with Gasteiger partial charge < -0.3 is 5.11 Å². The van der Waals surface area contributed by atoms with Gasteiger partial charge >= 0.3 is 0 Å². The van der Waals surface area contributed by atoms with E-state index in [0.717, 1.165) is 16.8 Å². The van der Waals surface area contributed by atoms with Crippen molar-refractivity contribution < 1.29 is 5.11 Å². The number of H-pyrrole nitrogens is 1. The smallest absolute Gasteiger partial charge is 0.258 e. The largest absolute Gasteiger partial charge is 0.494 e. The minimum atomic E-state index is -0.331. The van der Waals surface area contributed by atoms with E-state index in [2.05, 4.69) is 9.98 Å². The summed E-state index contributed by atoms with van der Waals surface area (Å²) in [6.07, 6.45) is 5.56.